The van der Waals surface area contributed by atoms with E-state index in [0.717, 1.165) is 0 Å². The van der Waals surface area contributed by atoms with Crippen molar-refractivity contribution in [2.45, 2.75) is 26.7 Å². The topological polar surface area (TPSA) is 8.29 Å². The Hall–Kier alpha value is -3.13. The Balaban J connectivity index is 2.04. The van der Waals surface area contributed by atoms with E-state index in [1.165, 1.54) is 60.1 Å². The molecule has 0 amide bonds. The van der Waals surface area contributed by atoms with Crippen LogP contribution in [-0.2, 0) is 7.05 Å². The van der Waals surface area contributed by atoms with Crippen molar-refractivity contribution in [2.24, 2.45) is 7.05 Å². The number of hydrogen-bond donors (Lipinski definition) is 0. The fourth-order valence-corrected chi connectivity index (χ4v) is 5.02. The zero-order chi connectivity index (χ0) is 19.2. The second-order valence-corrected chi connectivity index (χ2v) is 8.44. The maximum atomic E-state index is 2.48. The first kappa shape index (κ1) is 15.9. The van der Waals surface area contributed by atoms with Gasteiger partial charge in [-0.2, -0.15) is 4.57 Å². The lowest BCUT2D eigenvalue weighted by molar-refractivity contribution is -0.644. The first-order valence-corrected chi connectivity index (χ1v) is 10.1. The molecule has 0 bridgehead atoms. The Labute approximate surface area is 164 Å². The number of aryl methyl sites for hydroxylation is 2. The van der Waals surface area contributed by atoms with Crippen molar-refractivity contribution in [3.05, 3.63) is 71.9 Å². The second kappa shape index (κ2) is 5.23. The van der Waals surface area contributed by atoms with Gasteiger partial charge in [0.15, 0.2) is 6.20 Å². The Kier molecular flexibility index (Phi) is 2.97. The van der Waals surface area contributed by atoms with E-state index in [1.54, 1.807) is 0 Å². The van der Waals surface area contributed by atoms with Gasteiger partial charge in [-0.15, -0.1) is 0 Å². The van der Waals surface area contributed by atoms with Gasteiger partial charge in [0, 0.05) is 22.2 Å². The summed E-state index contributed by atoms with van der Waals surface area (Å²) in [5.74, 6) is 0.523. The van der Waals surface area contributed by atoms with Gasteiger partial charge in [-0.25, -0.2) is 0 Å². The lowest BCUT2D eigenvalue weighted by Gasteiger charge is -2.13. The van der Waals surface area contributed by atoms with Gasteiger partial charge in [0.25, 0.3) is 0 Å². The van der Waals surface area contributed by atoms with Crippen LogP contribution in [0.25, 0.3) is 49.0 Å². The van der Waals surface area contributed by atoms with Crippen LogP contribution >= 0.6 is 0 Å². The van der Waals surface area contributed by atoms with Crippen LogP contribution in [0.2, 0.25) is 0 Å². The minimum absolute atomic E-state index is 0.523. The van der Waals surface area contributed by atoms with Gasteiger partial charge in [0.2, 0.25) is 5.52 Å². The molecule has 0 saturated carbocycles. The number of pyridine rings is 2. The largest absolute Gasteiger partial charge is 0.303 e. The van der Waals surface area contributed by atoms with Crippen LogP contribution in [0.1, 0.15) is 30.9 Å². The number of rotatable bonds is 1. The van der Waals surface area contributed by atoms with E-state index in [4.69, 9.17) is 0 Å². The van der Waals surface area contributed by atoms with Crippen LogP contribution in [0, 0.1) is 6.92 Å². The molecule has 6 aromatic rings. The Bertz CT molecular complexity index is 1550. The van der Waals surface area contributed by atoms with Crippen molar-refractivity contribution in [2.75, 3.05) is 0 Å². The molecule has 0 radical (unpaired) electrons. The molecule has 0 fully saturated rings. The zero-order valence-electron chi connectivity index (χ0n) is 16.7. The maximum Gasteiger partial charge on any atom is 0.238 e. The molecule has 0 atom stereocenters. The fraction of sp³-hybridized carbons (Fsp3) is 0.192. The third-order valence-electron chi connectivity index (χ3n) is 6.45. The molecule has 0 N–H and O–H groups in total. The van der Waals surface area contributed by atoms with Gasteiger partial charge >= 0.3 is 0 Å². The number of nitrogens with zero attached hydrogens (tertiary/aromatic N) is 2. The van der Waals surface area contributed by atoms with Crippen LogP contribution in [0.5, 0.6) is 0 Å². The average Bonchev–Trinajstić information content (AvgIpc) is 3.02. The summed E-state index contributed by atoms with van der Waals surface area (Å²) in [5.41, 5.74) is 7.98. The lowest BCUT2D eigenvalue weighted by atomic mass is 9.98. The maximum absolute atomic E-state index is 2.48. The first-order chi connectivity index (χ1) is 13.6. The van der Waals surface area contributed by atoms with Crippen molar-refractivity contribution in [1.29, 1.82) is 0 Å². The van der Waals surface area contributed by atoms with Gasteiger partial charge in [-0.05, 0) is 47.6 Å². The molecule has 3 heterocycles. The first-order valence-electron chi connectivity index (χ1n) is 10.1. The van der Waals surface area contributed by atoms with E-state index in [9.17, 15) is 0 Å². The van der Waals surface area contributed by atoms with E-state index >= 15 is 0 Å². The molecule has 6 rings (SSSR count). The predicted octanol–water partition coefficient (Wildman–Crippen LogP) is 6.25. The molecule has 0 aliphatic heterocycles. The average molecular weight is 363 g/mol. The van der Waals surface area contributed by atoms with E-state index in [-0.39, 0.29) is 0 Å². The van der Waals surface area contributed by atoms with Crippen molar-refractivity contribution in [1.82, 2.24) is 4.40 Å². The molecule has 0 unspecified atom stereocenters. The molecule has 0 aliphatic rings. The highest BCUT2D eigenvalue weighted by Crippen LogP contribution is 2.40. The Morgan fingerprint density at radius 3 is 2.54 bits per heavy atom. The Morgan fingerprint density at radius 1 is 0.857 bits per heavy atom. The van der Waals surface area contributed by atoms with Crippen LogP contribution in [0.3, 0.4) is 0 Å². The highest BCUT2D eigenvalue weighted by atomic mass is 15.0. The summed E-state index contributed by atoms with van der Waals surface area (Å²) in [4.78, 5) is 0. The summed E-state index contributed by atoms with van der Waals surface area (Å²) >= 11 is 0. The van der Waals surface area contributed by atoms with E-state index in [1.807, 2.05) is 0 Å². The highest BCUT2D eigenvalue weighted by molar-refractivity contribution is 6.25. The molecule has 0 aliphatic carbocycles. The second-order valence-electron chi connectivity index (χ2n) is 8.44. The number of hydrogen-bond acceptors (Lipinski definition) is 0. The van der Waals surface area contributed by atoms with Crippen LogP contribution in [0.15, 0.2) is 60.8 Å². The molecular weight excluding hydrogens is 340 g/mol. The highest BCUT2D eigenvalue weighted by Gasteiger charge is 2.24. The molecule has 28 heavy (non-hydrogen) atoms. The van der Waals surface area contributed by atoms with Crippen molar-refractivity contribution < 1.29 is 4.57 Å². The summed E-state index contributed by atoms with van der Waals surface area (Å²) in [6.45, 7) is 6.77. The molecule has 0 saturated heterocycles. The van der Waals surface area contributed by atoms with Crippen molar-refractivity contribution >= 4 is 49.0 Å². The predicted molar refractivity (Wildman–Crippen MR) is 119 cm³/mol. The normalized spacial score (nSPS) is 12.6. The lowest BCUT2D eigenvalue weighted by Crippen LogP contribution is -2.28. The van der Waals surface area contributed by atoms with Gasteiger partial charge in [-0.3, -0.25) is 0 Å². The number of fused-ring (bicyclic) bond motifs is 5. The smallest absolute Gasteiger partial charge is 0.238 e. The minimum atomic E-state index is 0.523. The minimum Gasteiger partial charge on any atom is -0.303 e. The number of benzene rings is 3. The molecule has 2 heteroatoms. The fourth-order valence-electron chi connectivity index (χ4n) is 5.02. The summed E-state index contributed by atoms with van der Waals surface area (Å²) in [7, 11) is 2.17. The molecule has 0 spiro atoms. The molecule has 3 aromatic heterocycles. The summed E-state index contributed by atoms with van der Waals surface area (Å²) in [6, 6.07) is 20.5. The van der Waals surface area contributed by atoms with Crippen LogP contribution in [-0.4, -0.2) is 4.40 Å². The van der Waals surface area contributed by atoms with E-state index < -0.39 is 0 Å². The van der Waals surface area contributed by atoms with Crippen molar-refractivity contribution in [3.8, 4) is 0 Å². The summed E-state index contributed by atoms with van der Waals surface area (Å²) in [5, 5.41) is 6.74. The standard InChI is InChI=1S/C26H23N2/c1-15(2)18-10-11-21-20(14-18)19-12-13-27(4)26-23-16(3)8-9-17-6-5-7-22(24(17)23)28(21)25(19)26/h5-15H,1-4H3/q+1. The third kappa shape index (κ3) is 1.80. The third-order valence-corrected chi connectivity index (χ3v) is 6.45. The van der Waals surface area contributed by atoms with Gasteiger partial charge in [0.05, 0.1) is 16.4 Å². The summed E-state index contributed by atoms with van der Waals surface area (Å²) < 4.78 is 4.78. The van der Waals surface area contributed by atoms with E-state index in [0.29, 0.717) is 5.92 Å². The Morgan fingerprint density at radius 2 is 1.71 bits per heavy atom. The quantitative estimate of drug-likeness (QED) is 0.185. The monoisotopic (exact) mass is 363 g/mol. The zero-order valence-corrected chi connectivity index (χ0v) is 16.7. The SMILES string of the molecule is Cc1ccc2cccc3c2c1c1c2c(cc[n+]1C)c1cc(C(C)C)ccc1n32. The van der Waals surface area contributed by atoms with Gasteiger partial charge < -0.3 is 4.40 Å². The molecule has 136 valence electrons. The van der Waals surface area contributed by atoms with Gasteiger partial charge in [0.1, 0.15) is 12.6 Å². The van der Waals surface area contributed by atoms with Crippen molar-refractivity contribution in [3.63, 3.8) is 0 Å². The molecule has 2 nitrogen and oxygen atoms in total. The summed E-state index contributed by atoms with van der Waals surface area (Å²) in [6.07, 6.45) is 2.22. The molecule has 3 aromatic carbocycles. The van der Waals surface area contributed by atoms with Crippen LogP contribution < -0.4 is 4.57 Å². The van der Waals surface area contributed by atoms with Gasteiger partial charge in [-0.1, -0.05) is 44.2 Å². The van der Waals surface area contributed by atoms with Crippen LogP contribution in [0.4, 0.5) is 0 Å². The molecular formula is C26H23N2+. The number of aromatic nitrogens is 2. The van der Waals surface area contributed by atoms with E-state index in [2.05, 4.69) is 97.6 Å².